The highest BCUT2D eigenvalue weighted by Gasteiger charge is 2.51. The standard InChI is InChI=1S/C39H67O12P/c1-3-5-7-9-11-13-15-17-18-20-22-24-26-28-33(40)50-32(30-48-29-27-25-23-21-19-16-14-12-10-8-6-4-2)31-49-52(46,47)51-39-37(44)35(42)34(41)36(43)38(39)45/h5,7,10-13,17-18,22,24,32,34-39,41-45H,3-4,6,8-9,14-16,19-21,23,25-31H2,1-2H3,(H,46,47)/b7-5-,12-10-,13-11-,18-17-,24-22-. The molecule has 1 rings (SSSR count). The first-order valence-electron chi connectivity index (χ1n) is 19.1. The molecule has 0 saturated heterocycles. The molecule has 0 spiro atoms. The van der Waals surface area contributed by atoms with Gasteiger partial charge >= 0.3 is 13.8 Å². The monoisotopic (exact) mass is 758 g/mol. The lowest BCUT2D eigenvalue weighted by Gasteiger charge is -2.41. The Bertz CT molecular complexity index is 1090. The van der Waals surface area contributed by atoms with Crippen molar-refractivity contribution in [2.45, 2.75) is 159 Å². The second kappa shape index (κ2) is 30.4. The number of unbranched alkanes of at least 4 members (excludes halogenated alkanes) is 8. The SMILES string of the molecule is CC/C=C\C/C=C\C/C=C\C/C=C\CCC(=O)OC(COCCCCCCCC/C=C\CCCC)COP(=O)(O)OC1C(O)C(O)C(O)C(O)C1O. The van der Waals surface area contributed by atoms with Crippen molar-refractivity contribution in [3.63, 3.8) is 0 Å². The van der Waals surface area contributed by atoms with Crippen LogP contribution in [0.3, 0.4) is 0 Å². The van der Waals surface area contributed by atoms with Gasteiger partial charge in [0, 0.05) is 13.0 Å². The molecule has 6 unspecified atom stereocenters. The normalized spacial score (nSPS) is 24.5. The lowest BCUT2D eigenvalue weighted by molar-refractivity contribution is -0.220. The Morgan fingerprint density at radius 3 is 1.73 bits per heavy atom. The molecule has 1 fully saturated rings. The highest BCUT2D eigenvalue weighted by atomic mass is 31.2. The number of ether oxygens (including phenoxy) is 2. The highest BCUT2D eigenvalue weighted by molar-refractivity contribution is 7.47. The van der Waals surface area contributed by atoms with Crippen LogP contribution in [0.4, 0.5) is 0 Å². The largest absolute Gasteiger partial charge is 0.472 e. The summed E-state index contributed by atoms with van der Waals surface area (Å²) in [7, 11) is -5.03. The molecule has 12 nitrogen and oxygen atoms in total. The van der Waals surface area contributed by atoms with Gasteiger partial charge in [0.05, 0.1) is 13.2 Å². The molecule has 6 N–H and O–H groups in total. The molecule has 1 aliphatic rings. The Kier molecular flexibility index (Phi) is 28.1. The molecule has 0 aromatic heterocycles. The van der Waals surface area contributed by atoms with Crippen molar-refractivity contribution in [2.75, 3.05) is 19.8 Å². The second-order valence-electron chi connectivity index (χ2n) is 13.0. The summed E-state index contributed by atoms with van der Waals surface area (Å²) in [6, 6.07) is 0. The van der Waals surface area contributed by atoms with Crippen LogP contribution in [0, 0.1) is 0 Å². The van der Waals surface area contributed by atoms with Gasteiger partial charge in [-0.3, -0.25) is 13.8 Å². The number of carbonyl (C=O) groups excluding carboxylic acids is 1. The van der Waals surface area contributed by atoms with Crippen LogP contribution in [-0.4, -0.2) is 98.9 Å². The minimum absolute atomic E-state index is 0.0606. The Morgan fingerprint density at radius 2 is 1.13 bits per heavy atom. The minimum Gasteiger partial charge on any atom is -0.457 e. The van der Waals surface area contributed by atoms with Crippen LogP contribution >= 0.6 is 7.82 Å². The van der Waals surface area contributed by atoms with Crippen LogP contribution in [0.15, 0.2) is 60.8 Å². The van der Waals surface area contributed by atoms with Crippen molar-refractivity contribution in [2.24, 2.45) is 0 Å². The second-order valence-corrected chi connectivity index (χ2v) is 14.4. The third-order valence-corrected chi connectivity index (χ3v) is 9.37. The van der Waals surface area contributed by atoms with Crippen molar-refractivity contribution in [1.29, 1.82) is 0 Å². The molecular weight excluding hydrogens is 691 g/mol. The molecule has 0 aliphatic heterocycles. The third kappa shape index (κ3) is 23.0. The Balaban J connectivity index is 2.55. The molecule has 1 saturated carbocycles. The average Bonchev–Trinajstić information content (AvgIpc) is 3.12. The molecule has 0 amide bonds. The summed E-state index contributed by atoms with van der Waals surface area (Å²) in [6.07, 6.45) is 23.2. The average molecular weight is 759 g/mol. The van der Waals surface area contributed by atoms with Crippen LogP contribution < -0.4 is 0 Å². The van der Waals surface area contributed by atoms with Gasteiger partial charge in [0.15, 0.2) is 0 Å². The van der Waals surface area contributed by atoms with Crippen LogP contribution in [-0.2, 0) is 27.9 Å². The Labute approximate surface area is 311 Å². The molecule has 300 valence electrons. The lowest BCUT2D eigenvalue weighted by Crippen LogP contribution is -2.64. The van der Waals surface area contributed by atoms with E-state index in [1.165, 1.54) is 25.7 Å². The summed E-state index contributed by atoms with van der Waals surface area (Å²) in [5.41, 5.74) is 0. The number of carbonyl (C=O) groups is 1. The molecule has 52 heavy (non-hydrogen) atoms. The van der Waals surface area contributed by atoms with E-state index < -0.39 is 63.1 Å². The predicted octanol–water partition coefficient (Wildman–Crippen LogP) is 6.30. The summed E-state index contributed by atoms with van der Waals surface area (Å²) >= 11 is 0. The zero-order valence-corrected chi connectivity index (χ0v) is 32.2. The number of hydrogen-bond donors (Lipinski definition) is 6. The lowest BCUT2D eigenvalue weighted by atomic mass is 9.85. The number of rotatable bonds is 30. The van der Waals surface area contributed by atoms with Gasteiger partial charge in [0.25, 0.3) is 0 Å². The molecule has 0 radical (unpaired) electrons. The number of esters is 1. The van der Waals surface area contributed by atoms with Gasteiger partial charge in [-0.2, -0.15) is 0 Å². The number of aliphatic hydroxyl groups is 5. The molecule has 0 heterocycles. The van der Waals surface area contributed by atoms with E-state index in [1.807, 2.05) is 18.2 Å². The zero-order valence-electron chi connectivity index (χ0n) is 31.3. The van der Waals surface area contributed by atoms with Gasteiger partial charge < -0.3 is 39.9 Å². The highest BCUT2D eigenvalue weighted by Crippen LogP contribution is 2.47. The number of aliphatic hydroxyl groups excluding tert-OH is 5. The predicted molar refractivity (Wildman–Crippen MR) is 202 cm³/mol. The van der Waals surface area contributed by atoms with E-state index in [2.05, 4.69) is 56.4 Å². The molecule has 1 aliphatic carbocycles. The first-order valence-corrected chi connectivity index (χ1v) is 20.6. The summed E-state index contributed by atoms with van der Waals surface area (Å²) in [4.78, 5) is 22.9. The molecule has 6 atom stereocenters. The van der Waals surface area contributed by atoms with Gasteiger partial charge in [-0.15, -0.1) is 0 Å². The number of hydrogen-bond acceptors (Lipinski definition) is 11. The van der Waals surface area contributed by atoms with Crippen molar-refractivity contribution in [3.05, 3.63) is 60.8 Å². The van der Waals surface area contributed by atoms with E-state index in [0.717, 1.165) is 64.2 Å². The maximum absolute atomic E-state index is 12.7. The number of phosphoric ester groups is 1. The maximum atomic E-state index is 12.7. The van der Waals surface area contributed by atoms with E-state index in [9.17, 15) is 39.8 Å². The molecular formula is C39H67O12P. The van der Waals surface area contributed by atoms with Crippen molar-refractivity contribution >= 4 is 13.8 Å². The minimum atomic E-state index is -5.03. The van der Waals surface area contributed by atoms with Crippen LogP contribution in [0.5, 0.6) is 0 Å². The summed E-state index contributed by atoms with van der Waals surface area (Å²) in [6.45, 7) is 3.97. The van der Waals surface area contributed by atoms with Crippen LogP contribution in [0.25, 0.3) is 0 Å². The van der Waals surface area contributed by atoms with Gasteiger partial charge in [0.1, 0.15) is 42.7 Å². The summed E-state index contributed by atoms with van der Waals surface area (Å²) in [5.74, 6) is -0.563. The maximum Gasteiger partial charge on any atom is 0.472 e. The third-order valence-electron chi connectivity index (χ3n) is 8.39. The number of allylic oxidation sites excluding steroid dienone is 10. The molecule has 0 bridgehead atoms. The summed E-state index contributed by atoms with van der Waals surface area (Å²) < 4.78 is 33.8. The van der Waals surface area contributed by atoms with Gasteiger partial charge in [-0.05, 0) is 57.8 Å². The first-order chi connectivity index (χ1) is 25.0. The van der Waals surface area contributed by atoms with E-state index >= 15 is 0 Å². The quantitative estimate of drug-likeness (QED) is 0.0208. The van der Waals surface area contributed by atoms with Gasteiger partial charge in [-0.1, -0.05) is 113 Å². The molecule has 0 aromatic rings. The zero-order chi connectivity index (χ0) is 38.5. The van der Waals surface area contributed by atoms with E-state index in [0.29, 0.717) is 13.0 Å². The van der Waals surface area contributed by atoms with E-state index in [4.69, 9.17) is 18.5 Å². The fourth-order valence-electron chi connectivity index (χ4n) is 5.29. The first kappa shape index (κ1) is 48.1. The van der Waals surface area contributed by atoms with Gasteiger partial charge in [-0.25, -0.2) is 4.57 Å². The van der Waals surface area contributed by atoms with Crippen LogP contribution in [0.2, 0.25) is 0 Å². The fraction of sp³-hybridized carbons (Fsp3) is 0.718. The van der Waals surface area contributed by atoms with Gasteiger partial charge in [0.2, 0.25) is 0 Å². The number of phosphoric acid groups is 1. The topological polar surface area (TPSA) is 192 Å². The van der Waals surface area contributed by atoms with E-state index in [1.54, 1.807) is 0 Å². The smallest absolute Gasteiger partial charge is 0.457 e. The summed E-state index contributed by atoms with van der Waals surface area (Å²) in [5, 5.41) is 49.9. The van der Waals surface area contributed by atoms with E-state index in [-0.39, 0.29) is 13.0 Å². The Morgan fingerprint density at radius 1 is 0.635 bits per heavy atom. The fourth-order valence-corrected chi connectivity index (χ4v) is 6.26. The van der Waals surface area contributed by atoms with Crippen molar-refractivity contribution in [1.82, 2.24) is 0 Å². The van der Waals surface area contributed by atoms with Crippen molar-refractivity contribution in [3.8, 4) is 0 Å². The van der Waals surface area contributed by atoms with Crippen LogP contribution in [0.1, 0.15) is 117 Å². The molecule has 0 aromatic carbocycles. The molecule has 13 heteroatoms. The Hall–Kier alpha value is -1.96. The van der Waals surface area contributed by atoms with Crippen molar-refractivity contribution < 1.29 is 58.3 Å².